The van der Waals surface area contributed by atoms with Crippen molar-refractivity contribution in [1.82, 2.24) is 15.3 Å². The van der Waals surface area contributed by atoms with E-state index in [4.69, 9.17) is 27.2 Å². The van der Waals surface area contributed by atoms with Crippen molar-refractivity contribution in [3.8, 4) is 0 Å². The molecule has 0 radical (unpaired) electrons. The molecule has 1 aromatic rings. The number of carboxylic acid groups (broad SMARTS) is 1. The Labute approximate surface area is 220 Å². The Bertz CT molecular complexity index is 908. The van der Waals surface area contributed by atoms with Crippen LogP contribution in [-0.2, 0) is 20.8 Å². The number of amides is 2. The van der Waals surface area contributed by atoms with Crippen LogP contribution in [0.4, 0.5) is 13.2 Å². The van der Waals surface area contributed by atoms with Crippen molar-refractivity contribution in [1.29, 1.82) is 0 Å². The molecular weight excluding hydrogens is 513 g/mol. The van der Waals surface area contributed by atoms with E-state index in [-0.39, 0.29) is 23.8 Å². The second-order valence-corrected chi connectivity index (χ2v) is 10.2. The van der Waals surface area contributed by atoms with Crippen molar-refractivity contribution in [2.24, 2.45) is 11.7 Å². The first-order chi connectivity index (χ1) is 17.3. The van der Waals surface area contributed by atoms with Gasteiger partial charge in [0.05, 0.1) is 6.04 Å². The molecular formula is C25H36ClF3N4O4. The molecule has 0 bridgehead atoms. The number of hydrogen-bond acceptors (Lipinski definition) is 5. The molecule has 1 aliphatic carbocycles. The van der Waals surface area contributed by atoms with Gasteiger partial charge in [-0.05, 0) is 43.4 Å². The number of benzene rings is 1. The summed E-state index contributed by atoms with van der Waals surface area (Å²) in [5.41, 5.74) is 10.1. The highest BCUT2D eigenvalue weighted by molar-refractivity contribution is 6.30. The van der Waals surface area contributed by atoms with E-state index in [2.05, 4.69) is 10.3 Å². The third kappa shape index (κ3) is 9.79. The minimum Gasteiger partial charge on any atom is -0.475 e. The summed E-state index contributed by atoms with van der Waals surface area (Å²) in [6.07, 6.45) is 2.08. The Kier molecular flexibility index (Phi) is 11.6. The highest BCUT2D eigenvalue weighted by atomic mass is 35.5. The maximum Gasteiger partial charge on any atom is 0.490 e. The zero-order chi connectivity index (χ0) is 27.8. The SMILES string of the molecule is CC(C)C(=O)N(C1CCCCC1)[C@@H]1CCN(NC(=O)[C@H](N)Cc2ccc(Cl)cc2)C1.O=C(O)C(F)(F)F. The van der Waals surface area contributed by atoms with Gasteiger partial charge < -0.3 is 15.7 Å². The van der Waals surface area contributed by atoms with Crippen LogP contribution in [0.1, 0.15) is 57.9 Å². The van der Waals surface area contributed by atoms with Gasteiger partial charge in [0.15, 0.2) is 0 Å². The molecule has 0 unspecified atom stereocenters. The van der Waals surface area contributed by atoms with Crippen molar-refractivity contribution < 1.29 is 32.7 Å². The molecule has 2 amide bonds. The topological polar surface area (TPSA) is 116 Å². The smallest absolute Gasteiger partial charge is 0.475 e. The predicted molar refractivity (Wildman–Crippen MR) is 133 cm³/mol. The Morgan fingerprint density at radius 1 is 1.11 bits per heavy atom. The molecule has 2 fully saturated rings. The maximum absolute atomic E-state index is 13.0. The Morgan fingerprint density at radius 3 is 2.19 bits per heavy atom. The highest BCUT2D eigenvalue weighted by Crippen LogP contribution is 2.28. The van der Waals surface area contributed by atoms with Gasteiger partial charge in [-0.3, -0.25) is 15.0 Å². The van der Waals surface area contributed by atoms with E-state index in [0.717, 1.165) is 31.4 Å². The van der Waals surface area contributed by atoms with Gasteiger partial charge in [0.25, 0.3) is 5.91 Å². The number of carbonyl (C=O) groups excluding carboxylic acids is 2. The van der Waals surface area contributed by atoms with Crippen LogP contribution in [0.5, 0.6) is 0 Å². The molecule has 208 valence electrons. The van der Waals surface area contributed by atoms with E-state index in [0.29, 0.717) is 24.0 Å². The average Bonchev–Trinajstić information content (AvgIpc) is 3.28. The fourth-order valence-corrected chi connectivity index (χ4v) is 4.72. The third-order valence-electron chi connectivity index (χ3n) is 6.49. The van der Waals surface area contributed by atoms with Crippen LogP contribution in [0.25, 0.3) is 0 Å². The zero-order valence-corrected chi connectivity index (χ0v) is 21.9. The second kappa shape index (κ2) is 14.0. The van der Waals surface area contributed by atoms with Crippen molar-refractivity contribution in [2.75, 3.05) is 13.1 Å². The number of aliphatic carboxylic acids is 1. The lowest BCUT2D eigenvalue weighted by Gasteiger charge is -2.39. The van der Waals surface area contributed by atoms with Crippen LogP contribution in [0, 0.1) is 5.92 Å². The maximum atomic E-state index is 13.0. The summed E-state index contributed by atoms with van der Waals surface area (Å²) >= 11 is 5.92. The lowest BCUT2D eigenvalue weighted by molar-refractivity contribution is -0.192. The van der Waals surface area contributed by atoms with Gasteiger partial charge in [-0.15, -0.1) is 0 Å². The van der Waals surface area contributed by atoms with Crippen LogP contribution >= 0.6 is 11.6 Å². The van der Waals surface area contributed by atoms with E-state index < -0.39 is 18.2 Å². The summed E-state index contributed by atoms with van der Waals surface area (Å²) in [5, 5.41) is 9.72. The molecule has 1 aromatic carbocycles. The minimum absolute atomic E-state index is 0.0108. The van der Waals surface area contributed by atoms with E-state index in [1.165, 1.54) is 19.3 Å². The van der Waals surface area contributed by atoms with Crippen molar-refractivity contribution in [3.05, 3.63) is 34.9 Å². The van der Waals surface area contributed by atoms with Gasteiger partial charge in [0.1, 0.15) is 0 Å². The molecule has 2 aliphatic rings. The van der Waals surface area contributed by atoms with Gasteiger partial charge in [-0.2, -0.15) is 13.2 Å². The highest BCUT2D eigenvalue weighted by Gasteiger charge is 2.38. The van der Waals surface area contributed by atoms with Crippen LogP contribution < -0.4 is 11.2 Å². The zero-order valence-electron chi connectivity index (χ0n) is 21.1. The fraction of sp³-hybridized carbons (Fsp3) is 0.640. The number of carboxylic acids is 1. The third-order valence-corrected chi connectivity index (χ3v) is 6.74. The number of carbonyl (C=O) groups is 3. The number of alkyl halides is 3. The molecule has 8 nitrogen and oxygen atoms in total. The Hall–Kier alpha value is -2.37. The molecule has 1 heterocycles. The van der Waals surface area contributed by atoms with Gasteiger partial charge in [-0.1, -0.05) is 56.8 Å². The number of rotatable bonds is 7. The number of halogens is 4. The van der Waals surface area contributed by atoms with Crippen LogP contribution in [0.2, 0.25) is 5.02 Å². The summed E-state index contributed by atoms with van der Waals surface area (Å²) in [7, 11) is 0. The number of nitrogens with one attached hydrogen (secondary N) is 1. The Morgan fingerprint density at radius 2 is 1.68 bits per heavy atom. The van der Waals surface area contributed by atoms with Gasteiger partial charge in [0, 0.05) is 36.1 Å². The summed E-state index contributed by atoms with van der Waals surface area (Å²) in [5.74, 6) is -2.72. The van der Waals surface area contributed by atoms with Crippen molar-refractivity contribution in [3.63, 3.8) is 0 Å². The molecule has 1 aliphatic heterocycles. The minimum atomic E-state index is -5.08. The predicted octanol–water partition coefficient (Wildman–Crippen LogP) is 3.77. The lowest BCUT2D eigenvalue weighted by atomic mass is 9.92. The standard InChI is InChI=1S/C23H35ClN4O2.C2HF3O2/c1-16(2)23(30)28(19-6-4-3-5-7-19)20-12-13-27(15-20)26-22(29)21(25)14-17-8-10-18(24)11-9-17;3-2(4,5)1(6)7/h8-11,16,19-21H,3-7,12-15,25H2,1-2H3,(H,26,29);(H,6,7)/t20-,21-;/m1./s1. The van der Waals surface area contributed by atoms with E-state index in [9.17, 15) is 22.8 Å². The molecule has 3 rings (SSSR count). The van der Waals surface area contributed by atoms with Crippen molar-refractivity contribution >= 4 is 29.4 Å². The second-order valence-electron chi connectivity index (χ2n) is 9.80. The monoisotopic (exact) mass is 548 g/mol. The first kappa shape index (κ1) is 30.9. The fourth-order valence-electron chi connectivity index (χ4n) is 4.59. The molecule has 1 saturated heterocycles. The van der Waals surface area contributed by atoms with E-state index in [1.807, 2.05) is 31.0 Å². The molecule has 4 N–H and O–H groups in total. The van der Waals surface area contributed by atoms with Crippen LogP contribution in [0.15, 0.2) is 24.3 Å². The van der Waals surface area contributed by atoms with Gasteiger partial charge >= 0.3 is 12.1 Å². The van der Waals surface area contributed by atoms with E-state index >= 15 is 0 Å². The largest absolute Gasteiger partial charge is 0.490 e. The average molecular weight is 549 g/mol. The molecule has 37 heavy (non-hydrogen) atoms. The molecule has 1 saturated carbocycles. The molecule has 0 aromatic heterocycles. The Balaban J connectivity index is 0.000000604. The van der Waals surface area contributed by atoms with Crippen LogP contribution in [0.3, 0.4) is 0 Å². The summed E-state index contributed by atoms with van der Waals surface area (Å²) in [6.45, 7) is 5.35. The van der Waals surface area contributed by atoms with E-state index in [1.54, 1.807) is 12.1 Å². The molecule has 12 heteroatoms. The summed E-state index contributed by atoms with van der Waals surface area (Å²) in [4.78, 5) is 36.6. The lowest BCUT2D eigenvalue weighted by Crippen LogP contribution is -2.53. The normalized spacial score (nSPS) is 19.6. The number of hydrogen-bond donors (Lipinski definition) is 3. The first-order valence-corrected chi connectivity index (χ1v) is 12.8. The molecule has 0 spiro atoms. The number of nitrogens with zero attached hydrogens (tertiary/aromatic N) is 2. The van der Waals surface area contributed by atoms with Gasteiger partial charge in [-0.25, -0.2) is 9.80 Å². The number of hydrazine groups is 1. The quantitative estimate of drug-likeness (QED) is 0.478. The summed E-state index contributed by atoms with van der Waals surface area (Å²) in [6, 6.07) is 7.24. The van der Waals surface area contributed by atoms with Crippen LogP contribution in [-0.4, -0.2) is 70.2 Å². The molecule has 2 atom stereocenters. The van der Waals surface area contributed by atoms with Crippen molar-refractivity contribution in [2.45, 2.75) is 83.1 Å². The number of nitrogens with two attached hydrogens (primary N) is 1. The summed E-state index contributed by atoms with van der Waals surface area (Å²) < 4.78 is 31.7. The first-order valence-electron chi connectivity index (χ1n) is 12.5. The van der Waals surface area contributed by atoms with Gasteiger partial charge in [0.2, 0.25) is 5.91 Å².